The minimum Gasteiger partial charge on any atom is -0.311 e. The lowest BCUT2D eigenvalue weighted by Crippen LogP contribution is -2.28. The predicted molar refractivity (Wildman–Crippen MR) is 68.6 cm³/mol. The van der Waals surface area contributed by atoms with E-state index in [9.17, 15) is 13.2 Å². The molecule has 0 aromatic carbocycles. The lowest BCUT2D eigenvalue weighted by Gasteiger charge is -2.29. The molecule has 2 aliphatic carbocycles. The summed E-state index contributed by atoms with van der Waals surface area (Å²) in [6.07, 6.45) is -0.408. The summed E-state index contributed by atoms with van der Waals surface area (Å²) >= 11 is 5.87. The molecule has 0 unspecified atom stereocenters. The Morgan fingerprint density at radius 3 is 2.20 bits per heavy atom. The SMILES string of the molecule is FC(F)(F)C1CCC(c2nnc(CCl)n2C2CC2)CC1. The summed E-state index contributed by atoms with van der Waals surface area (Å²) in [7, 11) is 0. The second kappa shape index (κ2) is 5.20. The maximum absolute atomic E-state index is 12.7. The van der Waals surface area contributed by atoms with Gasteiger partial charge < -0.3 is 4.57 Å². The van der Waals surface area contributed by atoms with Crippen LogP contribution in [-0.2, 0) is 5.88 Å². The van der Waals surface area contributed by atoms with Crippen LogP contribution < -0.4 is 0 Å². The molecule has 0 spiro atoms. The summed E-state index contributed by atoms with van der Waals surface area (Å²) in [5.74, 6) is 0.856. The number of rotatable bonds is 3. The average molecular weight is 308 g/mol. The van der Waals surface area contributed by atoms with Crippen molar-refractivity contribution in [1.29, 1.82) is 0 Å². The topological polar surface area (TPSA) is 30.7 Å². The van der Waals surface area contributed by atoms with Crippen molar-refractivity contribution in [3.05, 3.63) is 11.6 Å². The van der Waals surface area contributed by atoms with Crippen molar-refractivity contribution < 1.29 is 13.2 Å². The van der Waals surface area contributed by atoms with Gasteiger partial charge in [-0.05, 0) is 38.5 Å². The summed E-state index contributed by atoms with van der Waals surface area (Å²) in [5.41, 5.74) is 0. The number of halogens is 4. The summed E-state index contributed by atoms with van der Waals surface area (Å²) < 4.78 is 40.2. The van der Waals surface area contributed by atoms with Gasteiger partial charge in [0.2, 0.25) is 0 Å². The highest BCUT2D eigenvalue weighted by atomic mass is 35.5. The monoisotopic (exact) mass is 307 g/mol. The van der Waals surface area contributed by atoms with E-state index < -0.39 is 12.1 Å². The Bertz CT molecular complexity index is 474. The van der Waals surface area contributed by atoms with Gasteiger partial charge in [0.05, 0.1) is 11.8 Å². The normalized spacial score (nSPS) is 27.8. The van der Waals surface area contributed by atoms with Crippen LogP contribution in [0.15, 0.2) is 0 Å². The van der Waals surface area contributed by atoms with E-state index in [1.165, 1.54) is 0 Å². The Balaban J connectivity index is 1.74. The van der Waals surface area contributed by atoms with Crippen molar-refractivity contribution in [2.45, 2.75) is 62.5 Å². The van der Waals surface area contributed by atoms with Crippen LogP contribution in [0.4, 0.5) is 13.2 Å². The van der Waals surface area contributed by atoms with Crippen LogP contribution in [0.2, 0.25) is 0 Å². The molecule has 2 saturated carbocycles. The summed E-state index contributed by atoms with van der Waals surface area (Å²) in [4.78, 5) is 0. The molecule has 3 rings (SSSR count). The van der Waals surface area contributed by atoms with Crippen LogP contribution in [0.3, 0.4) is 0 Å². The van der Waals surface area contributed by atoms with E-state index in [1.807, 2.05) is 0 Å². The zero-order chi connectivity index (χ0) is 14.3. The second-order valence-corrected chi connectivity index (χ2v) is 6.07. The van der Waals surface area contributed by atoms with Gasteiger partial charge in [-0.1, -0.05) is 0 Å². The highest BCUT2D eigenvalue weighted by molar-refractivity contribution is 6.16. The molecule has 2 fully saturated rings. The summed E-state index contributed by atoms with van der Waals surface area (Å²) in [5, 5.41) is 8.30. The van der Waals surface area contributed by atoms with E-state index in [4.69, 9.17) is 11.6 Å². The molecule has 0 amide bonds. The number of hydrogen-bond donors (Lipinski definition) is 0. The van der Waals surface area contributed by atoms with Crippen molar-refractivity contribution in [3.8, 4) is 0 Å². The van der Waals surface area contributed by atoms with Gasteiger partial charge in [-0.15, -0.1) is 21.8 Å². The molecule has 0 saturated heterocycles. The van der Waals surface area contributed by atoms with Gasteiger partial charge in [-0.25, -0.2) is 0 Å². The third kappa shape index (κ3) is 2.67. The van der Waals surface area contributed by atoms with E-state index in [0.717, 1.165) is 24.5 Å². The standard InChI is InChI=1S/C13H17ClF3N3/c14-7-11-18-19-12(20(11)10-5-6-10)8-1-3-9(4-2-8)13(15,16)17/h8-10H,1-7H2. The van der Waals surface area contributed by atoms with Gasteiger partial charge in [0.25, 0.3) is 0 Å². The van der Waals surface area contributed by atoms with Crippen LogP contribution in [-0.4, -0.2) is 20.9 Å². The van der Waals surface area contributed by atoms with E-state index in [1.54, 1.807) is 0 Å². The van der Waals surface area contributed by atoms with E-state index >= 15 is 0 Å². The van der Waals surface area contributed by atoms with Crippen molar-refractivity contribution in [1.82, 2.24) is 14.8 Å². The third-order valence-electron chi connectivity index (χ3n) is 4.38. The van der Waals surface area contributed by atoms with Crippen LogP contribution >= 0.6 is 11.6 Å². The van der Waals surface area contributed by atoms with Gasteiger partial charge >= 0.3 is 6.18 Å². The molecule has 0 bridgehead atoms. The van der Waals surface area contributed by atoms with Gasteiger partial charge in [0, 0.05) is 12.0 Å². The molecule has 1 heterocycles. The maximum Gasteiger partial charge on any atom is 0.391 e. The van der Waals surface area contributed by atoms with E-state index in [0.29, 0.717) is 24.8 Å². The average Bonchev–Trinajstić information content (AvgIpc) is 3.17. The smallest absolute Gasteiger partial charge is 0.311 e. The highest BCUT2D eigenvalue weighted by Gasteiger charge is 2.43. The Labute approximate surface area is 120 Å². The molecule has 0 aliphatic heterocycles. The van der Waals surface area contributed by atoms with E-state index in [2.05, 4.69) is 14.8 Å². The molecule has 7 heteroatoms. The molecule has 0 radical (unpaired) electrons. The minimum atomic E-state index is -4.06. The minimum absolute atomic E-state index is 0.0960. The fourth-order valence-corrected chi connectivity index (χ4v) is 3.30. The third-order valence-corrected chi connectivity index (χ3v) is 4.62. The van der Waals surface area contributed by atoms with Crippen molar-refractivity contribution in [3.63, 3.8) is 0 Å². The molecule has 1 aromatic rings. The first-order valence-corrected chi connectivity index (χ1v) is 7.60. The largest absolute Gasteiger partial charge is 0.391 e. The first-order valence-electron chi connectivity index (χ1n) is 7.07. The first kappa shape index (κ1) is 14.2. The summed E-state index contributed by atoms with van der Waals surface area (Å²) in [6.45, 7) is 0. The molecule has 0 N–H and O–H groups in total. The van der Waals surface area contributed by atoms with Crippen LogP contribution in [0.5, 0.6) is 0 Å². The second-order valence-electron chi connectivity index (χ2n) is 5.80. The van der Waals surface area contributed by atoms with Crippen molar-refractivity contribution in [2.24, 2.45) is 5.92 Å². The molecule has 2 aliphatic rings. The molecular formula is C13H17ClF3N3. The van der Waals surface area contributed by atoms with E-state index in [-0.39, 0.29) is 18.8 Å². The molecule has 0 atom stereocenters. The van der Waals surface area contributed by atoms with Crippen molar-refractivity contribution in [2.75, 3.05) is 0 Å². The number of aromatic nitrogens is 3. The molecule has 1 aromatic heterocycles. The maximum atomic E-state index is 12.7. The lowest BCUT2D eigenvalue weighted by molar-refractivity contribution is -0.182. The zero-order valence-corrected chi connectivity index (χ0v) is 11.8. The predicted octanol–water partition coefficient (Wildman–Crippen LogP) is 4.19. The number of hydrogen-bond acceptors (Lipinski definition) is 2. The number of alkyl halides is 4. The van der Waals surface area contributed by atoms with Gasteiger partial charge in [0.1, 0.15) is 11.6 Å². The van der Waals surface area contributed by atoms with Gasteiger partial charge in [-0.3, -0.25) is 0 Å². The fraction of sp³-hybridized carbons (Fsp3) is 0.846. The Morgan fingerprint density at radius 1 is 1.05 bits per heavy atom. The Hall–Kier alpha value is -0.780. The van der Waals surface area contributed by atoms with Crippen molar-refractivity contribution >= 4 is 11.6 Å². The van der Waals surface area contributed by atoms with Crippen LogP contribution in [0, 0.1) is 5.92 Å². The molecular weight excluding hydrogens is 291 g/mol. The van der Waals surface area contributed by atoms with Gasteiger partial charge in [-0.2, -0.15) is 13.2 Å². The Kier molecular flexibility index (Phi) is 3.69. The number of nitrogens with zero attached hydrogens (tertiary/aromatic N) is 3. The highest BCUT2D eigenvalue weighted by Crippen LogP contribution is 2.45. The molecule has 112 valence electrons. The van der Waals surface area contributed by atoms with Crippen LogP contribution in [0.25, 0.3) is 0 Å². The first-order chi connectivity index (χ1) is 9.50. The van der Waals surface area contributed by atoms with Gasteiger partial charge in [0.15, 0.2) is 0 Å². The quantitative estimate of drug-likeness (QED) is 0.784. The molecule has 20 heavy (non-hydrogen) atoms. The summed E-state index contributed by atoms with van der Waals surface area (Å²) in [6, 6.07) is 0.411. The Morgan fingerprint density at radius 2 is 1.70 bits per heavy atom. The molecule has 3 nitrogen and oxygen atoms in total. The fourth-order valence-electron chi connectivity index (χ4n) is 3.12. The lowest BCUT2D eigenvalue weighted by atomic mass is 9.81. The zero-order valence-electron chi connectivity index (χ0n) is 11.0. The van der Waals surface area contributed by atoms with Crippen LogP contribution in [0.1, 0.15) is 62.1 Å².